The Balaban J connectivity index is 1.52. The van der Waals surface area contributed by atoms with Crippen LogP contribution in [-0.2, 0) is 22.4 Å². The van der Waals surface area contributed by atoms with Crippen LogP contribution in [-0.4, -0.2) is 36.3 Å². The first-order chi connectivity index (χ1) is 14.4. The van der Waals surface area contributed by atoms with Gasteiger partial charge in [0.05, 0.1) is 27.8 Å². The lowest BCUT2D eigenvalue weighted by Crippen LogP contribution is -2.35. The van der Waals surface area contributed by atoms with Crippen LogP contribution >= 0.6 is 34.5 Å². The summed E-state index contributed by atoms with van der Waals surface area (Å²) in [6, 6.07) is 7.24. The number of nitrogens with one attached hydrogen (secondary N) is 2. The molecule has 1 heterocycles. The molecular weight excluding hydrogens is 443 g/mol. The summed E-state index contributed by atoms with van der Waals surface area (Å²) in [5.41, 5.74) is 2.07. The van der Waals surface area contributed by atoms with E-state index in [0.29, 0.717) is 39.4 Å². The van der Waals surface area contributed by atoms with Crippen molar-refractivity contribution in [2.75, 3.05) is 30.3 Å². The van der Waals surface area contributed by atoms with Crippen molar-refractivity contribution in [2.24, 2.45) is 0 Å². The molecule has 0 aliphatic heterocycles. The van der Waals surface area contributed by atoms with Gasteiger partial charge in [0.1, 0.15) is 11.1 Å². The monoisotopic (exact) mass is 464 g/mol. The Bertz CT molecular complexity index is 979. The summed E-state index contributed by atoms with van der Waals surface area (Å²) in [4.78, 5) is 27.9. The number of likely N-dealkylation sites (N-methyl/N-ethyl adjacent to an activating group) is 1. The van der Waals surface area contributed by atoms with E-state index in [9.17, 15) is 14.9 Å². The second kappa shape index (κ2) is 10.3. The van der Waals surface area contributed by atoms with Gasteiger partial charge in [-0.1, -0.05) is 36.2 Å². The summed E-state index contributed by atoms with van der Waals surface area (Å²) in [7, 11) is 0. The fourth-order valence-electron chi connectivity index (χ4n) is 3.41. The minimum Gasteiger partial charge on any atom is -0.322 e. The van der Waals surface area contributed by atoms with E-state index in [0.717, 1.165) is 24.8 Å². The summed E-state index contributed by atoms with van der Waals surface area (Å²) in [6.45, 7) is 3.06. The second-order valence-electron chi connectivity index (χ2n) is 6.99. The predicted molar refractivity (Wildman–Crippen MR) is 122 cm³/mol. The quantitative estimate of drug-likeness (QED) is 0.592. The number of fused-ring (bicyclic) bond motifs is 1. The first-order valence-corrected chi connectivity index (χ1v) is 11.3. The molecule has 9 heteroatoms. The highest BCUT2D eigenvalue weighted by molar-refractivity contribution is 7.16. The summed E-state index contributed by atoms with van der Waals surface area (Å²) in [6.07, 6.45) is 3.16. The number of nitrogens with zero attached hydrogens (tertiary/aromatic N) is 2. The molecule has 1 aliphatic carbocycles. The van der Waals surface area contributed by atoms with Crippen LogP contribution in [0.15, 0.2) is 18.2 Å². The summed E-state index contributed by atoms with van der Waals surface area (Å²) < 4.78 is 0. The average Bonchev–Trinajstić information content (AvgIpc) is 3.28. The Morgan fingerprint density at radius 1 is 1.20 bits per heavy atom. The molecule has 0 radical (unpaired) electrons. The van der Waals surface area contributed by atoms with Crippen molar-refractivity contribution in [3.63, 3.8) is 0 Å². The topological polar surface area (TPSA) is 85.2 Å². The molecule has 30 heavy (non-hydrogen) atoms. The first-order valence-electron chi connectivity index (χ1n) is 9.73. The van der Waals surface area contributed by atoms with Crippen molar-refractivity contribution in [1.29, 1.82) is 5.26 Å². The number of halogens is 2. The number of thiophene rings is 1. The van der Waals surface area contributed by atoms with Gasteiger partial charge in [-0.2, -0.15) is 5.26 Å². The summed E-state index contributed by atoms with van der Waals surface area (Å²) in [5, 5.41) is 16.4. The molecule has 0 unspecified atom stereocenters. The van der Waals surface area contributed by atoms with Gasteiger partial charge in [0.2, 0.25) is 11.8 Å². The molecule has 0 atom stereocenters. The maximum atomic E-state index is 12.4. The van der Waals surface area contributed by atoms with Gasteiger partial charge < -0.3 is 10.6 Å². The van der Waals surface area contributed by atoms with Gasteiger partial charge >= 0.3 is 0 Å². The summed E-state index contributed by atoms with van der Waals surface area (Å²) in [5.74, 6) is -0.423. The van der Waals surface area contributed by atoms with Crippen LogP contribution in [0.1, 0.15) is 35.8 Å². The standard InChI is InChI=1S/C21H22Cl2N4O2S/c1-2-27(12-19(29)25-20-15(22)6-4-7-16(20)23)10-9-18(28)26-21-14(11-24)13-5-3-8-17(13)30-21/h4,6-7H,2-3,5,8-10,12H2,1H3,(H,25,29)(H,26,28). The average molecular weight is 465 g/mol. The molecule has 0 saturated heterocycles. The van der Waals surface area contributed by atoms with Gasteiger partial charge in [-0.15, -0.1) is 11.3 Å². The van der Waals surface area contributed by atoms with Crippen LogP contribution in [0.3, 0.4) is 0 Å². The highest BCUT2D eigenvalue weighted by atomic mass is 35.5. The molecule has 158 valence electrons. The number of carbonyl (C=O) groups excluding carboxylic acids is 2. The number of anilines is 2. The fourth-order valence-corrected chi connectivity index (χ4v) is 5.16. The molecule has 6 nitrogen and oxygen atoms in total. The number of carbonyl (C=O) groups is 2. The molecule has 3 rings (SSSR count). The third-order valence-corrected chi connectivity index (χ3v) is 6.82. The van der Waals surface area contributed by atoms with Crippen molar-refractivity contribution in [3.05, 3.63) is 44.2 Å². The molecule has 1 aliphatic rings. The molecule has 2 amide bonds. The highest BCUT2D eigenvalue weighted by Gasteiger charge is 2.23. The number of benzene rings is 1. The molecule has 1 aromatic carbocycles. The fraction of sp³-hybridized carbons (Fsp3) is 0.381. The van der Waals surface area contributed by atoms with Crippen LogP contribution in [0.4, 0.5) is 10.7 Å². The molecular formula is C21H22Cl2N4O2S. The van der Waals surface area contributed by atoms with Gasteiger partial charge in [-0.3, -0.25) is 14.5 Å². The molecule has 1 aromatic heterocycles. The Labute approximate surface area is 189 Å². The second-order valence-corrected chi connectivity index (χ2v) is 8.90. The van der Waals surface area contributed by atoms with Crippen molar-refractivity contribution in [1.82, 2.24) is 4.90 Å². The van der Waals surface area contributed by atoms with Gasteiger partial charge in [-0.05, 0) is 43.5 Å². The molecule has 0 spiro atoms. The molecule has 2 N–H and O–H groups in total. The van der Waals surface area contributed by atoms with E-state index in [1.54, 1.807) is 18.2 Å². The SMILES string of the molecule is CCN(CCC(=O)Nc1sc2c(c1C#N)CCC2)CC(=O)Nc1c(Cl)cccc1Cl. The van der Waals surface area contributed by atoms with Crippen LogP contribution < -0.4 is 10.6 Å². The maximum absolute atomic E-state index is 12.4. The third kappa shape index (κ3) is 5.32. The van der Waals surface area contributed by atoms with E-state index in [1.807, 2.05) is 11.8 Å². The minimum atomic E-state index is -0.256. The molecule has 0 saturated carbocycles. The number of hydrogen-bond acceptors (Lipinski definition) is 5. The van der Waals surface area contributed by atoms with E-state index in [2.05, 4.69) is 16.7 Å². The Morgan fingerprint density at radius 3 is 2.60 bits per heavy atom. The zero-order valence-electron chi connectivity index (χ0n) is 16.6. The number of hydrogen-bond donors (Lipinski definition) is 2. The van der Waals surface area contributed by atoms with Gasteiger partial charge in [-0.25, -0.2) is 0 Å². The van der Waals surface area contributed by atoms with Crippen molar-refractivity contribution in [2.45, 2.75) is 32.6 Å². The number of nitriles is 1. The lowest BCUT2D eigenvalue weighted by molar-refractivity contribution is -0.119. The third-order valence-electron chi connectivity index (χ3n) is 4.98. The Morgan fingerprint density at radius 2 is 1.93 bits per heavy atom. The Hall–Kier alpha value is -2.11. The van der Waals surface area contributed by atoms with Crippen molar-refractivity contribution < 1.29 is 9.59 Å². The zero-order valence-corrected chi connectivity index (χ0v) is 18.9. The normalized spacial score (nSPS) is 12.5. The zero-order chi connectivity index (χ0) is 21.7. The van der Waals surface area contributed by atoms with Gasteiger partial charge in [0.25, 0.3) is 0 Å². The molecule has 0 bridgehead atoms. The number of para-hydroxylation sites is 1. The number of amides is 2. The smallest absolute Gasteiger partial charge is 0.238 e. The van der Waals surface area contributed by atoms with Gasteiger partial charge in [0, 0.05) is 17.8 Å². The number of rotatable bonds is 8. The van der Waals surface area contributed by atoms with E-state index >= 15 is 0 Å². The molecule has 0 fully saturated rings. The minimum absolute atomic E-state index is 0.113. The van der Waals surface area contributed by atoms with Crippen LogP contribution in [0.25, 0.3) is 0 Å². The van der Waals surface area contributed by atoms with Gasteiger partial charge in [0.15, 0.2) is 0 Å². The van der Waals surface area contributed by atoms with Crippen molar-refractivity contribution in [3.8, 4) is 6.07 Å². The predicted octanol–water partition coefficient (Wildman–Crippen LogP) is 4.70. The Kier molecular flexibility index (Phi) is 7.73. The number of aryl methyl sites for hydroxylation is 1. The largest absolute Gasteiger partial charge is 0.322 e. The van der Waals surface area contributed by atoms with Crippen molar-refractivity contribution >= 4 is 57.0 Å². The highest BCUT2D eigenvalue weighted by Crippen LogP contribution is 2.38. The lowest BCUT2D eigenvalue weighted by Gasteiger charge is -2.20. The van der Waals surface area contributed by atoms with Crippen LogP contribution in [0.2, 0.25) is 10.0 Å². The van der Waals surface area contributed by atoms with E-state index in [-0.39, 0.29) is 24.8 Å². The first kappa shape index (κ1) is 22.6. The maximum Gasteiger partial charge on any atom is 0.238 e. The van der Waals surface area contributed by atoms with Crippen LogP contribution in [0, 0.1) is 11.3 Å². The molecule has 2 aromatic rings. The summed E-state index contributed by atoms with van der Waals surface area (Å²) >= 11 is 13.7. The lowest BCUT2D eigenvalue weighted by atomic mass is 10.1. The van der Waals surface area contributed by atoms with E-state index in [1.165, 1.54) is 16.2 Å². The van der Waals surface area contributed by atoms with Crippen LogP contribution in [0.5, 0.6) is 0 Å². The van der Waals surface area contributed by atoms with E-state index in [4.69, 9.17) is 23.2 Å². The van der Waals surface area contributed by atoms with E-state index < -0.39 is 0 Å².